The van der Waals surface area contributed by atoms with E-state index in [4.69, 9.17) is 9.84 Å². The molecule has 8 heteroatoms. The van der Waals surface area contributed by atoms with Crippen molar-refractivity contribution >= 4 is 17.9 Å². The van der Waals surface area contributed by atoms with E-state index in [0.29, 0.717) is 19.7 Å². The number of ether oxygens (including phenoxy) is 1. The molecule has 3 N–H and O–H groups in total. The zero-order valence-corrected chi connectivity index (χ0v) is 11.7. The summed E-state index contributed by atoms with van der Waals surface area (Å²) in [6.07, 6.45) is -0.178. The third kappa shape index (κ3) is 4.69. The Morgan fingerprint density at radius 1 is 1.45 bits per heavy atom. The van der Waals surface area contributed by atoms with Gasteiger partial charge in [0.25, 0.3) is 0 Å². The van der Waals surface area contributed by atoms with Gasteiger partial charge >= 0.3 is 12.0 Å². The molecule has 2 atom stereocenters. The van der Waals surface area contributed by atoms with Gasteiger partial charge in [-0.1, -0.05) is 0 Å². The van der Waals surface area contributed by atoms with E-state index in [9.17, 15) is 14.4 Å². The monoisotopic (exact) mass is 287 g/mol. The van der Waals surface area contributed by atoms with Crippen LogP contribution < -0.4 is 10.6 Å². The van der Waals surface area contributed by atoms with Gasteiger partial charge in [0, 0.05) is 13.1 Å². The number of amides is 3. The third-order valence-corrected chi connectivity index (χ3v) is 2.98. The summed E-state index contributed by atoms with van der Waals surface area (Å²) >= 11 is 0. The number of aliphatic carboxylic acids is 1. The van der Waals surface area contributed by atoms with Crippen LogP contribution in [0.1, 0.15) is 20.3 Å². The Labute approximate surface area is 117 Å². The first-order valence-electron chi connectivity index (χ1n) is 6.60. The molecule has 1 fully saturated rings. The maximum absolute atomic E-state index is 12.1. The van der Waals surface area contributed by atoms with Crippen LogP contribution in [0.4, 0.5) is 4.79 Å². The van der Waals surface area contributed by atoms with Crippen LogP contribution in [0.25, 0.3) is 0 Å². The molecule has 3 amide bonds. The number of morpholine rings is 1. The molecule has 0 aromatic heterocycles. The van der Waals surface area contributed by atoms with Crippen LogP contribution in [0.3, 0.4) is 0 Å². The van der Waals surface area contributed by atoms with Crippen molar-refractivity contribution in [2.75, 3.05) is 26.3 Å². The van der Waals surface area contributed by atoms with E-state index in [-0.39, 0.29) is 18.9 Å². The van der Waals surface area contributed by atoms with Crippen molar-refractivity contribution in [1.82, 2.24) is 15.5 Å². The van der Waals surface area contributed by atoms with Gasteiger partial charge in [-0.05, 0) is 13.8 Å². The van der Waals surface area contributed by atoms with Gasteiger partial charge in [-0.25, -0.2) is 4.79 Å². The van der Waals surface area contributed by atoms with Gasteiger partial charge in [0.2, 0.25) is 5.91 Å². The zero-order valence-electron chi connectivity index (χ0n) is 11.7. The number of likely N-dealkylation sites (N-methyl/N-ethyl adjacent to an activating group) is 1. The summed E-state index contributed by atoms with van der Waals surface area (Å²) in [5, 5.41) is 14.0. The minimum absolute atomic E-state index is 0.178. The number of carbonyl (C=O) groups excluding carboxylic acids is 2. The maximum atomic E-state index is 12.1. The molecule has 20 heavy (non-hydrogen) atoms. The number of rotatable bonds is 5. The van der Waals surface area contributed by atoms with E-state index in [0.717, 1.165) is 0 Å². The lowest BCUT2D eigenvalue weighted by atomic mass is 10.1. The SMILES string of the molecule is CCNC(=O)C(C)NC(=O)N1CCOCC1CC(=O)O. The van der Waals surface area contributed by atoms with Crippen LogP contribution in [0.15, 0.2) is 0 Å². The van der Waals surface area contributed by atoms with E-state index in [1.807, 2.05) is 0 Å². The molecule has 1 heterocycles. The number of hydrogen-bond donors (Lipinski definition) is 3. The van der Waals surface area contributed by atoms with E-state index in [2.05, 4.69) is 10.6 Å². The van der Waals surface area contributed by atoms with E-state index in [1.54, 1.807) is 13.8 Å². The molecule has 0 bridgehead atoms. The largest absolute Gasteiger partial charge is 0.481 e. The average molecular weight is 287 g/mol. The molecule has 0 aromatic rings. The lowest BCUT2D eigenvalue weighted by Crippen LogP contribution is -2.56. The summed E-state index contributed by atoms with van der Waals surface area (Å²) in [6, 6.07) is -1.63. The Kier molecular flexibility index (Phi) is 6.23. The van der Waals surface area contributed by atoms with Gasteiger partial charge in [-0.15, -0.1) is 0 Å². The average Bonchev–Trinajstić information content (AvgIpc) is 2.38. The number of nitrogens with zero attached hydrogens (tertiary/aromatic N) is 1. The standard InChI is InChI=1S/C12H21N3O5/c1-3-13-11(18)8(2)14-12(19)15-4-5-20-7-9(15)6-10(16)17/h8-9H,3-7H2,1-2H3,(H,13,18)(H,14,19)(H,16,17). The Morgan fingerprint density at radius 3 is 2.75 bits per heavy atom. The number of carboxylic acids is 1. The highest BCUT2D eigenvalue weighted by molar-refractivity contribution is 5.86. The normalized spacial score (nSPS) is 20.1. The van der Waals surface area contributed by atoms with E-state index < -0.39 is 24.1 Å². The first-order chi connectivity index (χ1) is 9.45. The number of nitrogens with one attached hydrogen (secondary N) is 2. The smallest absolute Gasteiger partial charge is 0.318 e. The van der Waals surface area contributed by atoms with Crippen LogP contribution in [-0.4, -0.2) is 66.3 Å². The molecule has 2 unspecified atom stereocenters. The molecule has 0 aromatic carbocycles. The van der Waals surface area contributed by atoms with Crippen molar-refractivity contribution in [3.05, 3.63) is 0 Å². The fourth-order valence-corrected chi connectivity index (χ4v) is 1.95. The highest BCUT2D eigenvalue weighted by atomic mass is 16.5. The van der Waals surface area contributed by atoms with Crippen molar-refractivity contribution in [3.63, 3.8) is 0 Å². The summed E-state index contributed by atoms with van der Waals surface area (Å²) in [6.45, 7) is 4.71. The molecule has 0 aliphatic carbocycles. The molecule has 0 radical (unpaired) electrons. The fraction of sp³-hybridized carbons (Fsp3) is 0.750. The minimum Gasteiger partial charge on any atom is -0.481 e. The lowest BCUT2D eigenvalue weighted by molar-refractivity contribution is -0.139. The molecule has 1 rings (SSSR count). The second kappa shape index (κ2) is 7.68. The molecule has 1 aliphatic heterocycles. The first kappa shape index (κ1) is 16.2. The summed E-state index contributed by atoms with van der Waals surface area (Å²) in [7, 11) is 0. The highest BCUT2D eigenvalue weighted by Gasteiger charge is 2.30. The summed E-state index contributed by atoms with van der Waals surface area (Å²) in [4.78, 5) is 35.8. The van der Waals surface area contributed by atoms with E-state index >= 15 is 0 Å². The lowest BCUT2D eigenvalue weighted by Gasteiger charge is -2.35. The molecule has 1 aliphatic rings. The second-order valence-corrected chi connectivity index (χ2v) is 4.59. The van der Waals surface area contributed by atoms with Gasteiger partial charge in [0.15, 0.2) is 0 Å². The van der Waals surface area contributed by atoms with E-state index in [1.165, 1.54) is 4.90 Å². The molecule has 0 spiro atoms. The maximum Gasteiger partial charge on any atom is 0.318 e. The molecule has 1 saturated heterocycles. The van der Waals surface area contributed by atoms with Crippen LogP contribution in [0.5, 0.6) is 0 Å². The Morgan fingerprint density at radius 2 is 2.15 bits per heavy atom. The van der Waals surface area contributed by atoms with Gasteiger partial charge in [-0.3, -0.25) is 9.59 Å². The fourth-order valence-electron chi connectivity index (χ4n) is 1.95. The Balaban J connectivity index is 2.58. The minimum atomic E-state index is -0.991. The number of carboxylic acid groups (broad SMARTS) is 1. The number of urea groups is 1. The molecular weight excluding hydrogens is 266 g/mol. The molecule has 0 saturated carbocycles. The number of carbonyl (C=O) groups is 3. The second-order valence-electron chi connectivity index (χ2n) is 4.59. The van der Waals surface area contributed by atoms with Crippen LogP contribution in [-0.2, 0) is 14.3 Å². The van der Waals surface area contributed by atoms with Crippen molar-refractivity contribution in [2.24, 2.45) is 0 Å². The first-order valence-corrected chi connectivity index (χ1v) is 6.60. The van der Waals surface area contributed by atoms with Gasteiger partial charge < -0.3 is 25.4 Å². The molecule has 114 valence electrons. The number of hydrogen-bond acceptors (Lipinski definition) is 4. The van der Waals surface area contributed by atoms with Crippen molar-refractivity contribution in [2.45, 2.75) is 32.4 Å². The molecular formula is C12H21N3O5. The van der Waals surface area contributed by atoms with Gasteiger partial charge in [0.1, 0.15) is 6.04 Å². The zero-order chi connectivity index (χ0) is 15.1. The molecule has 8 nitrogen and oxygen atoms in total. The predicted molar refractivity (Wildman–Crippen MR) is 70.2 cm³/mol. The van der Waals surface area contributed by atoms with Gasteiger partial charge in [-0.2, -0.15) is 0 Å². The summed E-state index contributed by atoms with van der Waals surface area (Å²) in [5.74, 6) is -1.26. The van der Waals surface area contributed by atoms with Crippen molar-refractivity contribution in [3.8, 4) is 0 Å². The van der Waals surface area contributed by atoms with Crippen molar-refractivity contribution < 1.29 is 24.2 Å². The highest BCUT2D eigenvalue weighted by Crippen LogP contribution is 2.11. The van der Waals surface area contributed by atoms with Gasteiger partial charge in [0.05, 0.1) is 25.7 Å². The topological polar surface area (TPSA) is 108 Å². The third-order valence-electron chi connectivity index (χ3n) is 2.98. The Hall–Kier alpha value is -1.83. The Bertz CT molecular complexity index is 374. The van der Waals surface area contributed by atoms with Crippen molar-refractivity contribution in [1.29, 1.82) is 0 Å². The quantitative estimate of drug-likeness (QED) is 0.625. The van der Waals surface area contributed by atoms with Crippen LogP contribution in [0.2, 0.25) is 0 Å². The van der Waals surface area contributed by atoms with Crippen LogP contribution in [0, 0.1) is 0 Å². The predicted octanol–water partition coefficient (Wildman–Crippen LogP) is -0.604. The summed E-state index contributed by atoms with van der Waals surface area (Å²) in [5.41, 5.74) is 0. The summed E-state index contributed by atoms with van der Waals surface area (Å²) < 4.78 is 5.19. The van der Waals surface area contributed by atoms with Crippen LogP contribution >= 0.6 is 0 Å².